The minimum absolute atomic E-state index is 0.0211. The zero-order valence-electron chi connectivity index (χ0n) is 12.0. The summed E-state index contributed by atoms with van der Waals surface area (Å²) >= 11 is 0. The number of methoxy groups -OCH3 is 1. The lowest BCUT2D eigenvalue weighted by atomic mass is 9.80. The van der Waals surface area contributed by atoms with Crippen LogP contribution in [0.4, 0.5) is 8.78 Å². The summed E-state index contributed by atoms with van der Waals surface area (Å²) < 4.78 is 32.0. The molecule has 1 unspecified atom stereocenters. The van der Waals surface area contributed by atoms with E-state index in [1.807, 2.05) is 19.1 Å². The second kappa shape index (κ2) is 6.48. The van der Waals surface area contributed by atoms with Gasteiger partial charge in [0.15, 0.2) is 0 Å². The van der Waals surface area contributed by atoms with E-state index in [1.54, 1.807) is 13.3 Å². The summed E-state index contributed by atoms with van der Waals surface area (Å²) in [5.41, 5.74) is 0.826. The summed E-state index contributed by atoms with van der Waals surface area (Å²) in [7, 11) is 1.61. The number of hydrogen-bond donors (Lipinski definition) is 1. The van der Waals surface area contributed by atoms with Crippen molar-refractivity contribution in [2.45, 2.75) is 44.6 Å². The highest BCUT2D eigenvalue weighted by Gasteiger charge is 2.38. The number of pyridine rings is 1. The van der Waals surface area contributed by atoms with Gasteiger partial charge in [-0.25, -0.2) is 8.78 Å². The Balaban J connectivity index is 2.19. The van der Waals surface area contributed by atoms with E-state index < -0.39 is 5.92 Å². The molecule has 3 nitrogen and oxygen atoms in total. The molecule has 1 atom stereocenters. The Morgan fingerprint density at radius 1 is 1.45 bits per heavy atom. The Hall–Kier alpha value is -1.23. The van der Waals surface area contributed by atoms with Gasteiger partial charge < -0.3 is 10.1 Å². The van der Waals surface area contributed by atoms with Crippen LogP contribution in [0.15, 0.2) is 18.3 Å². The van der Waals surface area contributed by atoms with E-state index in [0.717, 1.165) is 18.0 Å². The molecule has 1 N–H and O–H groups in total. The molecule has 1 heterocycles. The van der Waals surface area contributed by atoms with Crippen LogP contribution in [-0.2, 0) is 0 Å². The van der Waals surface area contributed by atoms with Gasteiger partial charge in [0.25, 0.3) is 0 Å². The number of halogens is 2. The molecule has 0 amide bonds. The molecule has 1 fully saturated rings. The molecule has 1 aromatic heterocycles. The van der Waals surface area contributed by atoms with Crippen molar-refractivity contribution < 1.29 is 13.5 Å². The van der Waals surface area contributed by atoms with E-state index >= 15 is 0 Å². The fourth-order valence-corrected chi connectivity index (χ4v) is 2.91. The lowest BCUT2D eigenvalue weighted by Gasteiger charge is -2.34. The van der Waals surface area contributed by atoms with E-state index in [-0.39, 0.29) is 24.8 Å². The number of alkyl halides is 2. The van der Waals surface area contributed by atoms with Crippen LogP contribution in [0.5, 0.6) is 5.75 Å². The first-order valence-electron chi connectivity index (χ1n) is 7.17. The van der Waals surface area contributed by atoms with Crippen LogP contribution in [0.25, 0.3) is 0 Å². The Morgan fingerprint density at radius 2 is 2.15 bits per heavy atom. The third kappa shape index (κ3) is 3.45. The first kappa shape index (κ1) is 15.2. The number of nitrogens with zero attached hydrogens (tertiary/aromatic N) is 1. The summed E-state index contributed by atoms with van der Waals surface area (Å²) in [6.45, 7) is 2.79. The summed E-state index contributed by atoms with van der Waals surface area (Å²) in [5, 5.41) is 3.38. The third-order valence-corrected chi connectivity index (χ3v) is 3.97. The molecular weight excluding hydrogens is 262 g/mol. The Morgan fingerprint density at radius 3 is 2.75 bits per heavy atom. The van der Waals surface area contributed by atoms with Gasteiger partial charge in [0.2, 0.25) is 5.92 Å². The lowest BCUT2D eigenvalue weighted by Crippen LogP contribution is -2.34. The van der Waals surface area contributed by atoms with Gasteiger partial charge in [-0.05, 0) is 37.4 Å². The van der Waals surface area contributed by atoms with Crippen molar-refractivity contribution in [3.63, 3.8) is 0 Å². The van der Waals surface area contributed by atoms with Gasteiger partial charge in [-0.1, -0.05) is 6.92 Å². The van der Waals surface area contributed by atoms with Crippen LogP contribution in [0.3, 0.4) is 0 Å². The predicted octanol–water partition coefficient (Wildman–Crippen LogP) is 3.57. The van der Waals surface area contributed by atoms with E-state index in [0.29, 0.717) is 12.8 Å². The number of hydrogen-bond acceptors (Lipinski definition) is 3. The van der Waals surface area contributed by atoms with E-state index in [1.165, 1.54) is 0 Å². The maximum absolute atomic E-state index is 13.3. The molecule has 5 heteroatoms. The van der Waals surface area contributed by atoms with Crippen LogP contribution in [-0.4, -0.2) is 24.6 Å². The molecule has 2 rings (SSSR count). The zero-order valence-corrected chi connectivity index (χ0v) is 12.0. The maximum Gasteiger partial charge on any atom is 0.248 e. The molecule has 1 saturated carbocycles. The van der Waals surface area contributed by atoms with Gasteiger partial charge in [-0.3, -0.25) is 4.98 Å². The van der Waals surface area contributed by atoms with Gasteiger partial charge in [-0.15, -0.1) is 0 Å². The van der Waals surface area contributed by atoms with Crippen molar-refractivity contribution >= 4 is 0 Å². The van der Waals surface area contributed by atoms with Gasteiger partial charge in [-0.2, -0.15) is 0 Å². The van der Waals surface area contributed by atoms with Crippen molar-refractivity contribution in [2.75, 3.05) is 13.7 Å². The first-order valence-corrected chi connectivity index (χ1v) is 7.17. The van der Waals surface area contributed by atoms with E-state index in [4.69, 9.17) is 4.74 Å². The monoisotopic (exact) mass is 284 g/mol. The van der Waals surface area contributed by atoms with Crippen LogP contribution >= 0.6 is 0 Å². The lowest BCUT2D eigenvalue weighted by molar-refractivity contribution is -0.0499. The fraction of sp³-hybridized carbons (Fsp3) is 0.667. The van der Waals surface area contributed by atoms with Gasteiger partial charge >= 0.3 is 0 Å². The first-order chi connectivity index (χ1) is 9.57. The number of aromatic nitrogens is 1. The molecule has 1 aliphatic carbocycles. The number of rotatable bonds is 5. The van der Waals surface area contributed by atoms with Crippen molar-refractivity contribution in [2.24, 2.45) is 5.92 Å². The van der Waals surface area contributed by atoms with Crippen molar-refractivity contribution in [3.05, 3.63) is 24.0 Å². The molecule has 0 saturated heterocycles. The molecule has 20 heavy (non-hydrogen) atoms. The largest absolute Gasteiger partial charge is 0.495 e. The predicted molar refractivity (Wildman–Crippen MR) is 74.1 cm³/mol. The van der Waals surface area contributed by atoms with Crippen LogP contribution < -0.4 is 10.1 Å². The average Bonchev–Trinajstić information content (AvgIpc) is 2.45. The highest BCUT2D eigenvalue weighted by molar-refractivity contribution is 5.30. The quantitative estimate of drug-likeness (QED) is 0.897. The standard InChI is InChI=1S/C15H22F2N2O/c1-3-18-13(11-6-8-15(16,17)9-7-11)14-12(20-2)5-4-10-19-14/h4-5,10-11,13,18H,3,6-9H2,1-2H3. The second-order valence-corrected chi connectivity index (χ2v) is 5.32. The van der Waals surface area contributed by atoms with Gasteiger partial charge in [0.05, 0.1) is 18.8 Å². The van der Waals surface area contributed by atoms with E-state index in [9.17, 15) is 8.78 Å². The third-order valence-electron chi connectivity index (χ3n) is 3.97. The minimum atomic E-state index is -2.50. The molecule has 0 spiro atoms. The van der Waals surface area contributed by atoms with Gasteiger partial charge in [0.1, 0.15) is 5.75 Å². The number of nitrogens with one attached hydrogen (secondary N) is 1. The van der Waals surface area contributed by atoms with Gasteiger partial charge in [0, 0.05) is 19.0 Å². The van der Waals surface area contributed by atoms with Crippen molar-refractivity contribution in [1.29, 1.82) is 0 Å². The van der Waals surface area contributed by atoms with Crippen LogP contribution in [0.2, 0.25) is 0 Å². The molecule has 1 aliphatic rings. The SMILES string of the molecule is CCNC(c1ncccc1OC)C1CCC(F)(F)CC1. The van der Waals surface area contributed by atoms with Crippen LogP contribution in [0, 0.1) is 5.92 Å². The molecule has 1 aromatic rings. The molecule has 0 radical (unpaired) electrons. The molecule has 0 aromatic carbocycles. The Labute approximate surface area is 118 Å². The minimum Gasteiger partial charge on any atom is -0.495 e. The normalized spacial score (nSPS) is 20.6. The summed E-state index contributed by atoms with van der Waals surface area (Å²) in [4.78, 5) is 4.41. The summed E-state index contributed by atoms with van der Waals surface area (Å²) in [6, 6.07) is 3.66. The highest BCUT2D eigenvalue weighted by atomic mass is 19.3. The highest BCUT2D eigenvalue weighted by Crippen LogP contribution is 2.42. The fourth-order valence-electron chi connectivity index (χ4n) is 2.91. The molecule has 112 valence electrons. The maximum atomic E-state index is 13.3. The van der Waals surface area contributed by atoms with Crippen molar-refractivity contribution in [1.82, 2.24) is 10.3 Å². The average molecular weight is 284 g/mol. The van der Waals surface area contributed by atoms with E-state index in [2.05, 4.69) is 10.3 Å². The smallest absolute Gasteiger partial charge is 0.248 e. The number of ether oxygens (including phenoxy) is 1. The molecule has 0 bridgehead atoms. The topological polar surface area (TPSA) is 34.2 Å². The summed E-state index contributed by atoms with van der Waals surface area (Å²) in [6.07, 6.45) is 2.69. The zero-order chi connectivity index (χ0) is 14.6. The molecule has 0 aliphatic heterocycles. The van der Waals surface area contributed by atoms with Crippen LogP contribution in [0.1, 0.15) is 44.3 Å². The second-order valence-electron chi connectivity index (χ2n) is 5.32. The van der Waals surface area contributed by atoms with Crippen molar-refractivity contribution in [3.8, 4) is 5.75 Å². The Kier molecular flexibility index (Phi) is 4.91. The molecular formula is C15H22F2N2O. The summed E-state index contributed by atoms with van der Waals surface area (Å²) in [5.74, 6) is -1.60. The Bertz CT molecular complexity index is 430.